The van der Waals surface area contributed by atoms with Crippen molar-refractivity contribution in [1.82, 2.24) is 10.2 Å². The van der Waals surface area contributed by atoms with Crippen molar-refractivity contribution in [2.45, 2.75) is 25.9 Å². The van der Waals surface area contributed by atoms with Crippen molar-refractivity contribution in [3.8, 4) is 5.75 Å². The van der Waals surface area contributed by atoms with Gasteiger partial charge in [-0.05, 0) is 24.1 Å². The average molecular weight is 354 g/mol. The van der Waals surface area contributed by atoms with Crippen LogP contribution in [0.4, 0.5) is 0 Å². The molecule has 1 aromatic carbocycles. The number of amides is 2. The molecule has 1 unspecified atom stereocenters. The lowest BCUT2D eigenvalue weighted by molar-refractivity contribution is -0.135. The first-order chi connectivity index (χ1) is 11.3. The molecule has 1 heterocycles. The maximum Gasteiger partial charge on any atom is 0.239 e. The molecule has 8 heteroatoms. The number of nitrogens with zero attached hydrogens (tertiary/aromatic N) is 1. The molecule has 0 radical (unpaired) electrons. The molecule has 0 saturated carbocycles. The summed E-state index contributed by atoms with van der Waals surface area (Å²) < 4.78 is 27.9. The van der Waals surface area contributed by atoms with Crippen molar-refractivity contribution in [1.29, 1.82) is 0 Å². The zero-order valence-corrected chi connectivity index (χ0v) is 14.6. The monoisotopic (exact) mass is 354 g/mol. The molecule has 1 aliphatic heterocycles. The summed E-state index contributed by atoms with van der Waals surface area (Å²) in [7, 11) is -1.47. The van der Waals surface area contributed by atoms with E-state index in [1.54, 1.807) is 19.2 Å². The fourth-order valence-corrected chi connectivity index (χ4v) is 4.26. The Balaban J connectivity index is 1.92. The molecule has 0 aliphatic carbocycles. The SMILES string of the molecule is COc1ccc(CN(CC(=O)NC2CCS(=O)(=O)C2)C(C)=O)cc1. The predicted molar refractivity (Wildman–Crippen MR) is 89.3 cm³/mol. The van der Waals surface area contributed by atoms with E-state index in [1.807, 2.05) is 12.1 Å². The van der Waals surface area contributed by atoms with Crippen LogP contribution < -0.4 is 10.1 Å². The van der Waals surface area contributed by atoms with Gasteiger partial charge in [-0.15, -0.1) is 0 Å². The second kappa shape index (κ2) is 7.65. The van der Waals surface area contributed by atoms with E-state index in [1.165, 1.54) is 11.8 Å². The molecular weight excluding hydrogens is 332 g/mol. The lowest BCUT2D eigenvalue weighted by atomic mass is 10.2. The highest BCUT2D eigenvalue weighted by Crippen LogP contribution is 2.14. The van der Waals surface area contributed by atoms with Gasteiger partial charge in [0, 0.05) is 19.5 Å². The van der Waals surface area contributed by atoms with Crippen molar-refractivity contribution in [2.75, 3.05) is 25.2 Å². The van der Waals surface area contributed by atoms with E-state index in [-0.39, 0.29) is 35.9 Å². The predicted octanol–water partition coefficient (Wildman–Crippen LogP) is 0.347. The van der Waals surface area contributed by atoms with Crippen LogP contribution >= 0.6 is 0 Å². The maximum absolute atomic E-state index is 12.1. The number of benzene rings is 1. The van der Waals surface area contributed by atoms with Crippen molar-refractivity contribution >= 4 is 21.7 Å². The number of ether oxygens (including phenoxy) is 1. The summed E-state index contributed by atoms with van der Waals surface area (Å²) in [5.74, 6) is 0.214. The molecule has 24 heavy (non-hydrogen) atoms. The van der Waals surface area contributed by atoms with E-state index in [0.717, 1.165) is 5.56 Å². The molecule has 2 amide bonds. The third-order valence-corrected chi connectivity index (χ3v) is 5.68. The van der Waals surface area contributed by atoms with Crippen LogP contribution in [0.25, 0.3) is 0 Å². The fraction of sp³-hybridized carbons (Fsp3) is 0.500. The normalized spacial score (nSPS) is 18.8. The largest absolute Gasteiger partial charge is 0.497 e. The van der Waals surface area contributed by atoms with Gasteiger partial charge in [-0.1, -0.05) is 12.1 Å². The number of carbonyl (C=O) groups excluding carboxylic acids is 2. The Morgan fingerprint density at radius 2 is 1.96 bits per heavy atom. The minimum absolute atomic E-state index is 0.0305. The van der Waals surface area contributed by atoms with Crippen LogP contribution in [0.2, 0.25) is 0 Å². The van der Waals surface area contributed by atoms with Gasteiger partial charge in [0.15, 0.2) is 9.84 Å². The molecule has 1 aliphatic rings. The van der Waals surface area contributed by atoms with Crippen molar-refractivity contribution in [2.24, 2.45) is 0 Å². The molecule has 1 aromatic rings. The molecule has 0 aromatic heterocycles. The molecule has 2 rings (SSSR count). The highest BCUT2D eigenvalue weighted by Gasteiger charge is 2.29. The Kier molecular flexibility index (Phi) is 5.82. The van der Waals surface area contributed by atoms with Crippen molar-refractivity contribution < 1.29 is 22.7 Å². The summed E-state index contributed by atoms with van der Waals surface area (Å²) >= 11 is 0. The molecular formula is C16H22N2O5S. The summed E-state index contributed by atoms with van der Waals surface area (Å²) in [6.45, 7) is 1.60. The van der Waals surface area contributed by atoms with Gasteiger partial charge in [-0.2, -0.15) is 0 Å². The summed E-state index contributed by atoms with van der Waals surface area (Å²) in [6, 6.07) is 6.87. The summed E-state index contributed by atoms with van der Waals surface area (Å²) in [4.78, 5) is 25.3. The van der Waals surface area contributed by atoms with Crippen molar-refractivity contribution in [3.63, 3.8) is 0 Å². The Hall–Kier alpha value is -2.09. The van der Waals surface area contributed by atoms with Gasteiger partial charge in [0.2, 0.25) is 11.8 Å². The number of methoxy groups -OCH3 is 1. The topological polar surface area (TPSA) is 92.8 Å². The number of rotatable bonds is 6. The third kappa shape index (κ3) is 5.23. The van der Waals surface area contributed by atoms with Gasteiger partial charge < -0.3 is 15.0 Å². The quantitative estimate of drug-likeness (QED) is 0.796. The summed E-state index contributed by atoms with van der Waals surface area (Å²) in [5.41, 5.74) is 0.877. The summed E-state index contributed by atoms with van der Waals surface area (Å²) in [5, 5.41) is 2.69. The number of nitrogens with one attached hydrogen (secondary N) is 1. The molecule has 0 spiro atoms. The average Bonchev–Trinajstić information content (AvgIpc) is 2.85. The maximum atomic E-state index is 12.1. The number of carbonyl (C=O) groups is 2. The smallest absolute Gasteiger partial charge is 0.239 e. The van der Waals surface area contributed by atoms with Crippen LogP contribution in [0, 0.1) is 0 Å². The second-order valence-electron chi connectivity index (χ2n) is 5.89. The molecule has 1 N–H and O–H groups in total. The number of sulfone groups is 1. The van der Waals surface area contributed by atoms with E-state index in [4.69, 9.17) is 4.74 Å². The zero-order chi connectivity index (χ0) is 17.7. The van der Waals surface area contributed by atoms with E-state index in [9.17, 15) is 18.0 Å². The molecule has 7 nitrogen and oxygen atoms in total. The van der Waals surface area contributed by atoms with Crippen LogP contribution in [0.3, 0.4) is 0 Å². The Morgan fingerprint density at radius 1 is 1.29 bits per heavy atom. The highest BCUT2D eigenvalue weighted by molar-refractivity contribution is 7.91. The van der Waals surface area contributed by atoms with Gasteiger partial charge in [-0.25, -0.2) is 8.42 Å². The number of hydrogen-bond acceptors (Lipinski definition) is 5. The van der Waals surface area contributed by atoms with Crippen LogP contribution in [0.5, 0.6) is 5.75 Å². The molecule has 1 atom stereocenters. The minimum atomic E-state index is -3.05. The highest BCUT2D eigenvalue weighted by atomic mass is 32.2. The first-order valence-corrected chi connectivity index (χ1v) is 9.49. The first-order valence-electron chi connectivity index (χ1n) is 7.67. The zero-order valence-electron chi connectivity index (χ0n) is 13.8. The molecule has 0 bridgehead atoms. The lowest BCUT2D eigenvalue weighted by Crippen LogP contribution is -2.43. The summed E-state index contributed by atoms with van der Waals surface area (Å²) in [6.07, 6.45) is 0.423. The van der Waals surface area contributed by atoms with Crippen LogP contribution in [-0.4, -0.2) is 56.3 Å². The van der Waals surface area contributed by atoms with Crippen molar-refractivity contribution in [3.05, 3.63) is 29.8 Å². The Morgan fingerprint density at radius 3 is 2.46 bits per heavy atom. The molecule has 1 fully saturated rings. The Labute approximate surface area is 141 Å². The van der Waals surface area contributed by atoms with E-state index >= 15 is 0 Å². The third-order valence-electron chi connectivity index (χ3n) is 3.91. The lowest BCUT2D eigenvalue weighted by Gasteiger charge is -2.22. The van der Waals surface area contributed by atoms with Gasteiger partial charge in [0.25, 0.3) is 0 Å². The fourth-order valence-electron chi connectivity index (χ4n) is 2.59. The first kappa shape index (κ1) is 18.3. The molecule has 132 valence electrons. The van der Waals surface area contributed by atoms with Gasteiger partial charge in [-0.3, -0.25) is 9.59 Å². The minimum Gasteiger partial charge on any atom is -0.497 e. The van der Waals surface area contributed by atoms with E-state index in [0.29, 0.717) is 18.7 Å². The van der Waals surface area contributed by atoms with Gasteiger partial charge in [0.05, 0.1) is 25.2 Å². The van der Waals surface area contributed by atoms with Crippen LogP contribution in [-0.2, 0) is 26.0 Å². The molecule has 1 saturated heterocycles. The van der Waals surface area contributed by atoms with E-state index < -0.39 is 9.84 Å². The van der Waals surface area contributed by atoms with E-state index in [2.05, 4.69) is 5.32 Å². The van der Waals surface area contributed by atoms with Crippen LogP contribution in [0.1, 0.15) is 18.9 Å². The van der Waals surface area contributed by atoms with Gasteiger partial charge in [0.1, 0.15) is 5.75 Å². The standard InChI is InChI=1S/C16H22N2O5S/c1-12(19)18(9-13-3-5-15(23-2)6-4-13)10-16(20)17-14-7-8-24(21,22)11-14/h3-6,14H,7-11H2,1-2H3,(H,17,20). The Bertz CT molecular complexity index is 700. The van der Waals surface area contributed by atoms with Gasteiger partial charge >= 0.3 is 0 Å². The second-order valence-corrected chi connectivity index (χ2v) is 8.12. The number of hydrogen-bond donors (Lipinski definition) is 1. The van der Waals surface area contributed by atoms with Crippen LogP contribution in [0.15, 0.2) is 24.3 Å².